The predicted octanol–water partition coefficient (Wildman–Crippen LogP) is 1.68. The number of amides is 2. The van der Waals surface area contributed by atoms with Gasteiger partial charge < -0.3 is 14.5 Å². The molecule has 136 valence electrons. The highest BCUT2D eigenvalue weighted by Gasteiger charge is 2.43. The van der Waals surface area contributed by atoms with Crippen molar-refractivity contribution in [2.75, 3.05) is 24.6 Å². The molecule has 1 aromatic heterocycles. The van der Waals surface area contributed by atoms with Gasteiger partial charge in [-0.1, -0.05) is 30.3 Å². The van der Waals surface area contributed by atoms with Crippen LogP contribution in [0.15, 0.2) is 36.5 Å². The van der Waals surface area contributed by atoms with Gasteiger partial charge in [0.1, 0.15) is 6.61 Å². The number of hydrogen-bond donors (Lipinski definition) is 1. The van der Waals surface area contributed by atoms with Crippen molar-refractivity contribution >= 4 is 17.5 Å². The molecule has 2 amide bonds. The number of nitrogens with one attached hydrogen (secondary N) is 1. The third-order valence-electron chi connectivity index (χ3n) is 5.12. The maximum atomic E-state index is 13.4. The molecule has 2 aliphatic rings. The van der Waals surface area contributed by atoms with Crippen LogP contribution >= 0.6 is 0 Å². The van der Waals surface area contributed by atoms with Gasteiger partial charge in [0.05, 0.1) is 23.6 Å². The SMILES string of the molecule is CCN1C(=O)CO[C@H](C(=O)N2CCCc3[nH]ncc32)[C@H]1c1ccccc1. The maximum absolute atomic E-state index is 13.4. The van der Waals surface area contributed by atoms with Crippen molar-refractivity contribution in [2.24, 2.45) is 0 Å². The molecule has 1 saturated heterocycles. The molecule has 4 rings (SSSR count). The van der Waals surface area contributed by atoms with Crippen molar-refractivity contribution < 1.29 is 14.3 Å². The molecule has 0 bridgehead atoms. The van der Waals surface area contributed by atoms with Crippen LogP contribution in [0.4, 0.5) is 5.69 Å². The Morgan fingerprint density at radius 2 is 2.15 bits per heavy atom. The fourth-order valence-corrected chi connectivity index (χ4v) is 3.88. The minimum Gasteiger partial charge on any atom is -0.356 e. The van der Waals surface area contributed by atoms with Crippen molar-refractivity contribution in [1.29, 1.82) is 0 Å². The first kappa shape index (κ1) is 16.8. The van der Waals surface area contributed by atoms with E-state index in [2.05, 4.69) is 10.2 Å². The third-order valence-corrected chi connectivity index (χ3v) is 5.12. The molecule has 2 aromatic rings. The van der Waals surface area contributed by atoms with E-state index in [0.717, 1.165) is 29.8 Å². The second-order valence-electron chi connectivity index (χ2n) is 6.59. The summed E-state index contributed by atoms with van der Waals surface area (Å²) in [6.07, 6.45) is 2.72. The Hall–Kier alpha value is -2.67. The standard InChI is InChI=1S/C19H22N4O3/c1-2-22-16(24)12-26-18(17(22)13-7-4-3-5-8-13)19(25)23-10-6-9-14-15(23)11-20-21-14/h3-5,7-8,11,17-18H,2,6,9-10,12H2,1H3,(H,20,21)/t17-,18+/m1/s1. The third kappa shape index (κ3) is 2.78. The summed E-state index contributed by atoms with van der Waals surface area (Å²) in [7, 11) is 0. The lowest BCUT2D eigenvalue weighted by atomic mass is 9.96. The summed E-state index contributed by atoms with van der Waals surface area (Å²) in [5.74, 6) is -0.208. The van der Waals surface area contributed by atoms with Crippen LogP contribution in [0, 0.1) is 0 Å². The Balaban J connectivity index is 1.70. The molecule has 2 atom stereocenters. The van der Waals surface area contributed by atoms with Gasteiger partial charge in [0, 0.05) is 13.1 Å². The average Bonchev–Trinajstić information content (AvgIpc) is 3.16. The van der Waals surface area contributed by atoms with E-state index in [-0.39, 0.29) is 18.4 Å². The topological polar surface area (TPSA) is 78.5 Å². The minimum atomic E-state index is -0.726. The van der Waals surface area contributed by atoms with Crippen molar-refractivity contribution in [2.45, 2.75) is 31.9 Å². The van der Waals surface area contributed by atoms with Crippen molar-refractivity contribution in [3.8, 4) is 0 Å². The van der Waals surface area contributed by atoms with E-state index in [1.807, 2.05) is 37.3 Å². The van der Waals surface area contributed by atoms with Gasteiger partial charge in [0.15, 0.2) is 6.10 Å². The number of carbonyl (C=O) groups excluding carboxylic acids is 2. The zero-order valence-corrected chi connectivity index (χ0v) is 14.7. The normalized spacial score (nSPS) is 23.0. The van der Waals surface area contributed by atoms with Crippen LogP contribution < -0.4 is 4.90 Å². The number of rotatable bonds is 3. The van der Waals surface area contributed by atoms with Crippen molar-refractivity contribution in [3.63, 3.8) is 0 Å². The lowest BCUT2D eigenvalue weighted by molar-refractivity contribution is -0.163. The molecule has 1 aromatic carbocycles. The zero-order valence-electron chi connectivity index (χ0n) is 14.7. The molecule has 0 unspecified atom stereocenters. The Morgan fingerprint density at radius 1 is 1.35 bits per heavy atom. The van der Waals surface area contributed by atoms with Crippen LogP contribution in [0.2, 0.25) is 0 Å². The highest BCUT2D eigenvalue weighted by atomic mass is 16.5. The molecule has 1 fully saturated rings. The number of nitrogens with zero attached hydrogens (tertiary/aromatic N) is 3. The van der Waals surface area contributed by atoms with Crippen molar-refractivity contribution in [1.82, 2.24) is 15.1 Å². The molecular weight excluding hydrogens is 332 g/mol. The van der Waals surface area contributed by atoms with Crippen LogP contribution in [-0.4, -0.2) is 52.7 Å². The number of fused-ring (bicyclic) bond motifs is 1. The summed E-state index contributed by atoms with van der Waals surface area (Å²) in [4.78, 5) is 29.2. The smallest absolute Gasteiger partial charge is 0.258 e. The van der Waals surface area contributed by atoms with E-state index in [4.69, 9.17) is 4.74 Å². The maximum Gasteiger partial charge on any atom is 0.258 e. The number of morpholine rings is 1. The molecule has 3 heterocycles. The second-order valence-corrected chi connectivity index (χ2v) is 6.59. The first-order chi connectivity index (χ1) is 12.7. The van der Waals surface area contributed by atoms with Gasteiger partial charge in [-0.2, -0.15) is 5.10 Å². The lowest BCUT2D eigenvalue weighted by Gasteiger charge is -2.42. The summed E-state index contributed by atoms with van der Waals surface area (Å²) in [5.41, 5.74) is 2.70. The highest BCUT2D eigenvalue weighted by Crippen LogP contribution is 2.33. The van der Waals surface area contributed by atoms with E-state index in [0.29, 0.717) is 13.1 Å². The Labute approximate surface area is 151 Å². The minimum absolute atomic E-state index is 0.0698. The van der Waals surface area contributed by atoms with Crippen LogP contribution in [0.3, 0.4) is 0 Å². The molecule has 0 saturated carbocycles. The number of likely N-dealkylation sites (N-methyl/N-ethyl adjacent to an activating group) is 1. The number of aryl methyl sites for hydroxylation is 1. The van der Waals surface area contributed by atoms with Gasteiger partial charge >= 0.3 is 0 Å². The van der Waals surface area contributed by atoms with Crippen LogP contribution in [0.5, 0.6) is 0 Å². The van der Waals surface area contributed by atoms with Crippen molar-refractivity contribution in [3.05, 3.63) is 47.8 Å². The van der Waals surface area contributed by atoms with Gasteiger partial charge in [0.2, 0.25) is 5.91 Å². The first-order valence-corrected chi connectivity index (χ1v) is 9.00. The molecule has 0 spiro atoms. The summed E-state index contributed by atoms with van der Waals surface area (Å²) in [6.45, 7) is 3.02. The molecule has 1 N–H and O–H groups in total. The Bertz CT molecular complexity index is 804. The van der Waals surface area contributed by atoms with Gasteiger partial charge in [-0.15, -0.1) is 0 Å². The number of hydrogen-bond acceptors (Lipinski definition) is 4. The molecule has 7 heteroatoms. The molecule has 0 aliphatic carbocycles. The number of carbonyl (C=O) groups is 2. The number of aromatic amines is 1. The molecule has 26 heavy (non-hydrogen) atoms. The fraction of sp³-hybridized carbons (Fsp3) is 0.421. The fourth-order valence-electron chi connectivity index (χ4n) is 3.88. The molecule has 0 radical (unpaired) electrons. The van der Waals surface area contributed by atoms with E-state index in [9.17, 15) is 9.59 Å². The monoisotopic (exact) mass is 354 g/mol. The average molecular weight is 354 g/mol. The Morgan fingerprint density at radius 3 is 2.92 bits per heavy atom. The van der Waals surface area contributed by atoms with E-state index in [1.165, 1.54) is 0 Å². The molecule has 7 nitrogen and oxygen atoms in total. The molecular formula is C19H22N4O3. The van der Waals surface area contributed by atoms with E-state index >= 15 is 0 Å². The molecule has 2 aliphatic heterocycles. The Kier molecular flexibility index (Phi) is 4.46. The van der Waals surface area contributed by atoms with Gasteiger partial charge in [-0.25, -0.2) is 0 Å². The summed E-state index contributed by atoms with van der Waals surface area (Å²) < 4.78 is 5.78. The summed E-state index contributed by atoms with van der Waals surface area (Å²) in [6, 6.07) is 9.21. The zero-order chi connectivity index (χ0) is 18.1. The number of ether oxygens (including phenoxy) is 1. The highest BCUT2D eigenvalue weighted by molar-refractivity contribution is 5.99. The van der Waals surface area contributed by atoms with E-state index in [1.54, 1.807) is 16.0 Å². The first-order valence-electron chi connectivity index (χ1n) is 9.00. The quantitative estimate of drug-likeness (QED) is 0.910. The van der Waals surface area contributed by atoms with Crippen LogP contribution in [0.1, 0.15) is 30.6 Å². The lowest BCUT2D eigenvalue weighted by Crippen LogP contribution is -2.55. The summed E-state index contributed by atoms with van der Waals surface area (Å²) in [5, 5.41) is 7.04. The van der Waals surface area contributed by atoms with Gasteiger partial charge in [-0.3, -0.25) is 14.7 Å². The summed E-state index contributed by atoms with van der Waals surface area (Å²) >= 11 is 0. The number of anilines is 1. The van der Waals surface area contributed by atoms with Gasteiger partial charge in [-0.05, 0) is 25.3 Å². The second kappa shape index (κ2) is 6.92. The van der Waals surface area contributed by atoms with Crippen LogP contribution in [-0.2, 0) is 20.7 Å². The number of benzene rings is 1. The largest absolute Gasteiger partial charge is 0.356 e. The number of H-pyrrole nitrogens is 1. The van der Waals surface area contributed by atoms with Gasteiger partial charge in [0.25, 0.3) is 5.91 Å². The predicted molar refractivity (Wildman–Crippen MR) is 95.6 cm³/mol. The number of aromatic nitrogens is 2. The van der Waals surface area contributed by atoms with Crippen LogP contribution in [0.25, 0.3) is 0 Å². The van der Waals surface area contributed by atoms with E-state index < -0.39 is 12.1 Å².